The van der Waals surface area contributed by atoms with Crippen LogP contribution in [0.5, 0.6) is 0 Å². The maximum atomic E-state index is 13.8. The molecule has 1 saturated heterocycles. The lowest BCUT2D eigenvalue weighted by Gasteiger charge is -2.31. The quantitative estimate of drug-likeness (QED) is 0.374. The predicted molar refractivity (Wildman–Crippen MR) is 156 cm³/mol. The summed E-state index contributed by atoms with van der Waals surface area (Å²) in [5.74, 6) is -0.668. The summed E-state index contributed by atoms with van der Waals surface area (Å²) in [6.45, 7) is 7.97. The van der Waals surface area contributed by atoms with Crippen molar-refractivity contribution in [2.45, 2.75) is 61.5 Å². The molecule has 1 fully saturated rings. The van der Waals surface area contributed by atoms with Crippen LogP contribution in [-0.2, 0) is 29.9 Å². The molecule has 40 heavy (non-hydrogen) atoms. The van der Waals surface area contributed by atoms with Gasteiger partial charge in [-0.05, 0) is 71.5 Å². The van der Waals surface area contributed by atoms with Crippen molar-refractivity contribution in [3.05, 3.63) is 83.9 Å². The predicted octanol–water partition coefficient (Wildman–Crippen LogP) is 4.09. The Bertz CT molecular complexity index is 1670. The number of rotatable bonds is 9. The van der Waals surface area contributed by atoms with E-state index in [1.807, 2.05) is 27.7 Å². The highest BCUT2D eigenvalue weighted by Crippen LogP contribution is 2.33. The van der Waals surface area contributed by atoms with Gasteiger partial charge in [0.15, 0.2) is 9.84 Å². The van der Waals surface area contributed by atoms with E-state index in [9.17, 15) is 30.4 Å². The number of benzene rings is 3. The number of anilines is 2. The van der Waals surface area contributed by atoms with Crippen molar-refractivity contribution in [3.8, 4) is 0 Å². The largest absolute Gasteiger partial charge is 0.390 e. The van der Waals surface area contributed by atoms with E-state index in [-0.39, 0.29) is 33.0 Å². The van der Waals surface area contributed by atoms with E-state index < -0.39 is 53.5 Å². The zero-order valence-electron chi connectivity index (χ0n) is 22.7. The van der Waals surface area contributed by atoms with Gasteiger partial charge in [0.25, 0.3) is 20.0 Å². The summed E-state index contributed by atoms with van der Waals surface area (Å²) in [6, 6.07) is 17.2. The number of hydrogen-bond acceptors (Lipinski definition) is 7. The van der Waals surface area contributed by atoms with Crippen LogP contribution >= 0.6 is 0 Å². The van der Waals surface area contributed by atoms with E-state index in [1.54, 1.807) is 24.3 Å². The zero-order valence-corrected chi connectivity index (χ0v) is 25.2. The second kappa shape index (κ2) is 11.2. The second-order valence-corrected chi connectivity index (χ2v) is 16.3. The standard InChI is InChI=1S/C28H34N2O7S3/c1-19(2)21-5-13-25(14-6-21)39(34,35)29-23-9-11-24(12-10-23)30(27-17-38(32,33)18-28(27)31)40(36,37)26-15-7-22(8-16-26)20(3)4/h5-16,19-20,27-29,31H,17-18H2,1-4H3/t27-,28-/m1/s1. The molecule has 4 rings (SSSR count). The van der Waals surface area contributed by atoms with E-state index in [4.69, 9.17) is 0 Å². The smallest absolute Gasteiger partial charge is 0.264 e. The number of sulfone groups is 1. The zero-order chi connectivity index (χ0) is 29.5. The molecule has 0 unspecified atom stereocenters. The molecular formula is C28H34N2O7S3. The van der Waals surface area contributed by atoms with E-state index in [2.05, 4.69) is 4.72 Å². The molecule has 9 nitrogen and oxygen atoms in total. The number of hydrogen-bond donors (Lipinski definition) is 2. The van der Waals surface area contributed by atoms with Crippen LogP contribution in [0.4, 0.5) is 11.4 Å². The fourth-order valence-corrected chi connectivity index (χ4v) is 9.20. The fraction of sp³-hybridized carbons (Fsp3) is 0.357. The molecule has 12 heteroatoms. The Balaban J connectivity index is 1.68. The third kappa shape index (κ3) is 6.35. The molecule has 0 aliphatic carbocycles. The lowest BCUT2D eigenvalue weighted by molar-refractivity contribution is 0.184. The summed E-state index contributed by atoms with van der Waals surface area (Å²) in [5.41, 5.74) is 2.22. The minimum Gasteiger partial charge on any atom is -0.390 e. The lowest BCUT2D eigenvalue weighted by Crippen LogP contribution is -2.47. The third-order valence-corrected chi connectivity index (χ3v) is 11.9. The van der Waals surface area contributed by atoms with Gasteiger partial charge in [0.2, 0.25) is 0 Å². The van der Waals surface area contributed by atoms with Crippen molar-refractivity contribution in [2.75, 3.05) is 20.5 Å². The topological polar surface area (TPSA) is 138 Å². The van der Waals surface area contributed by atoms with Crippen molar-refractivity contribution in [1.82, 2.24) is 0 Å². The number of aliphatic hydroxyl groups excluding tert-OH is 1. The van der Waals surface area contributed by atoms with Gasteiger partial charge >= 0.3 is 0 Å². The summed E-state index contributed by atoms with van der Waals surface area (Å²) < 4.78 is 81.6. The molecule has 0 amide bonds. The van der Waals surface area contributed by atoms with Gasteiger partial charge in [0.05, 0.1) is 39.1 Å². The first-order valence-electron chi connectivity index (χ1n) is 12.9. The van der Waals surface area contributed by atoms with Gasteiger partial charge in [0.1, 0.15) is 0 Å². The van der Waals surface area contributed by atoms with E-state index >= 15 is 0 Å². The Morgan fingerprint density at radius 3 is 1.65 bits per heavy atom. The molecule has 1 aliphatic heterocycles. The van der Waals surface area contributed by atoms with Gasteiger partial charge in [-0.2, -0.15) is 0 Å². The van der Waals surface area contributed by atoms with Gasteiger partial charge < -0.3 is 5.11 Å². The third-order valence-electron chi connectivity index (χ3n) is 6.93. The summed E-state index contributed by atoms with van der Waals surface area (Å²) in [7, 11) is -11.9. The Hall–Kier alpha value is -2.93. The van der Waals surface area contributed by atoms with Crippen LogP contribution in [0.2, 0.25) is 0 Å². The molecule has 3 aromatic carbocycles. The van der Waals surface area contributed by atoms with Crippen molar-refractivity contribution >= 4 is 41.3 Å². The van der Waals surface area contributed by atoms with Gasteiger partial charge in [-0.25, -0.2) is 25.3 Å². The number of nitrogens with one attached hydrogen (secondary N) is 1. The highest BCUT2D eigenvalue weighted by molar-refractivity contribution is 7.93. The summed E-state index contributed by atoms with van der Waals surface area (Å²) in [6.07, 6.45) is -1.43. The summed E-state index contributed by atoms with van der Waals surface area (Å²) >= 11 is 0. The molecule has 0 radical (unpaired) electrons. The first-order valence-corrected chi connectivity index (χ1v) is 17.6. The number of aliphatic hydroxyl groups is 1. The Kier molecular flexibility index (Phi) is 8.38. The molecule has 0 spiro atoms. The Morgan fingerprint density at radius 1 is 0.750 bits per heavy atom. The summed E-state index contributed by atoms with van der Waals surface area (Å²) in [5, 5.41) is 10.6. The van der Waals surface area contributed by atoms with Crippen molar-refractivity contribution < 1.29 is 30.4 Å². The summed E-state index contributed by atoms with van der Waals surface area (Å²) in [4.78, 5) is 0.0253. The van der Waals surface area contributed by atoms with E-state index in [0.717, 1.165) is 15.4 Å². The van der Waals surface area contributed by atoms with Gasteiger partial charge in [-0.3, -0.25) is 9.03 Å². The van der Waals surface area contributed by atoms with Crippen LogP contribution in [-0.4, -0.2) is 54.0 Å². The molecule has 2 N–H and O–H groups in total. The fourth-order valence-electron chi connectivity index (χ4n) is 4.60. The first kappa shape index (κ1) is 30.0. The molecule has 0 bridgehead atoms. The number of sulfonamides is 2. The monoisotopic (exact) mass is 606 g/mol. The molecule has 0 aromatic heterocycles. The maximum absolute atomic E-state index is 13.8. The minimum atomic E-state index is -4.30. The maximum Gasteiger partial charge on any atom is 0.264 e. The average molecular weight is 607 g/mol. The van der Waals surface area contributed by atoms with E-state index in [1.165, 1.54) is 48.5 Å². The van der Waals surface area contributed by atoms with Gasteiger partial charge in [0, 0.05) is 5.69 Å². The molecule has 1 aliphatic rings. The van der Waals surface area contributed by atoms with Crippen LogP contribution in [0.3, 0.4) is 0 Å². The van der Waals surface area contributed by atoms with E-state index in [0.29, 0.717) is 0 Å². The first-order chi connectivity index (χ1) is 18.6. The van der Waals surface area contributed by atoms with Crippen LogP contribution in [0.25, 0.3) is 0 Å². The van der Waals surface area contributed by atoms with Gasteiger partial charge in [-0.1, -0.05) is 52.0 Å². The minimum absolute atomic E-state index is 0.0528. The SMILES string of the molecule is CC(C)c1ccc(S(=O)(=O)Nc2ccc(N([C@@H]3CS(=O)(=O)C[C@H]3O)S(=O)(=O)c3ccc(C(C)C)cc3)cc2)cc1. The molecule has 2 atom stereocenters. The van der Waals surface area contributed by atoms with Crippen molar-refractivity contribution in [3.63, 3.8) is 0 Å². The van der Waals surface area contributed by atoms with Gasteiger partial charge in [-0.15, -0.1) is 0 Å². The Labute approximate surface area is 236 Å². The normalized spacial score (nSPS) is 19.2. The number of nitrogens with zero attached hydrogens (tertiary/aromatic N) is 1. The van der Waals surface area contributed by atoms with Crippen LogP contribution in [0.15, 0.2) is 82.6 Å². The average Bonchev–Trinajstić information content (AvgIpc) is 3.16. The highest BCUT2D eigenvalue weighted by atomic mass is 32.2. The van der Waals surface area contributed by atoms with Crippen molar-refractivity contribution in [1.29, 1.82) is 0 Å². The highest BCUT2D eigenvalue weighted by Gasteiger charge is 2.45. The van der Waals surface area contributed by atoms with Crippen LogP contribution < -0.4 is 9.03 Å². The molecule has 1 heterocycles. The second-order valence-electron chi connectivity index (χ2n) is 10.6. The molecule has 3 aromatic rings. The molecule has 0 saturated carbocycles. The van der Waals surface area contributed by atoms with Crippen LogP contribution in [0.1, 0.15) is 50.7 Å². The van der Waals surface area contributed by atoms with Crippen molar-refractivity contribution in [2.24, 2.45) is 0 Å². The molecule has 216 valence electrons. The molecular weight excluding hydrogens is 573 g/mol. The Morgan fingerprint density at radius 2 is 1.23 bits per heavy atom. The lowest BCUT2D eigenvalue weighted by atomic mass is 10.0. The van der Waals surface area contributed by atoms with Crippen LogP contribution in [0, 0.1) is 0 Å².